The SMILES string of the molecule is O=C(NCCC[NH+]1CCOCC1)C(=O)Nc1cc2c3c(c1)CC(=O)N3CCC2. The molecule has 0 saturated carbocycles. The summed E-state index contributed by atoms with van der Waals surface area (Å²) in [7, 11) is 0. The Morgan fingerprint density at radius 3 is 2.75 bits per heavy atom. The van der Waals surface area contributed by atoms with Gasteiger partial charge in [-0.25, -0.2) is 0 Å². The molecule has 0 atom stereocenters. The van der Waals surface area contributed by atoms with E-state index in [-0.39, 0.29) is 5.91 Å². The first kappa shape index (κ1) is 18.9. The van der Waals surface area contributed by atoms with Crippen molar-refractivity contribution in [2.24, 2.45) is 0 Å². The highest BCUT2D eigenvalue weighted by Gasteiger charge is 2.32. The van der Waals surface area contributed by atoms with E-state index in [1.54, 1.807) is 0 Å². The van der Waals surface area contributed by atoms with Crippen LogP contribution in [0.4, 0.5) is 11.4 Å². The number of rotatable bonds is 5. The average Bonchev–Trinajstić information content (AvgIpc) is 3.03. The number of benzene rings is 1. The minimum atomic E-state index is -0.664. The summed E-state index contributed by atoms with van der Waals surface area (Å²) in [6.07, 6.45) is 2.99. The molecule has 0 bridgehead atoms. The number of ether oxygens (including phenoxy) is 1. The number of nitrogens with zero attached hydrogens (tertiary/aromatic N) is 1. The maximum Gasteiger partial charge on any atom is 0.313 e. The Morgan fingerprint density at radius 1 is 1.14 bits per heavy atom. The summed E-state index contributed by atoms with van der Waals surface area (Å²) in [5, 5.41) is 5.38. The second kappa shape index (κ2) is 8.28. The molecule has 0 unspecified atom stereocenters. The maximum atomic E-state index is 12.2. The van der Waals surface area contributed by atoms with E-state index < -0.39 is 11.8 Å². The summed E-state index contributed by atoms with van der Waals surface area (Å²) in [4.78, 5) is 39.7. The zero-order valence-electron chi connectivity index (χ0n) is 16.0. The molecular weight excluding hydrogens is 360 g/mol. The van der Waals surface area contributed by atoms with E-state index in [9.17, 15) is 14.4 Å². The van der Waals surface area contributed by atoms with Crippen LogP contribution in [0.5, 0.6) is 0 Å². The summed E-state index contributed by atoms with van der Waals surface area (Å²) in [5.41, 5.74) is 3.60. The first-order valence-corrected chi connectivity index (χ1v) is 10.1. The molecule has 150 valence electrons. The molecule has 3 aliphatic rings. The van der Waals surface area contributed by atoms with Crippen molar-refractivity contribution >= 4 is 29.1 Å². The number of hydrogen-bond donors (Lipinski definition) is 3. The van der Waals surface area contributed by atoms with Crippen LogP contribution in [0.2, 0.25) is 0 Å². The van der Waals surface area contributed by atoms with Crippen LogP contribution in [0.3, 0.4) is 0 Å². The van der Waals surface area contributed by atoms with Crippen LogP contribution in [0.25, 0.3) is 0 Å². The minimum absolute atomic E-state index is 0.111. The number of carbonyl (C=O) groups is 3. The number of anilines is 2. The average molecular weight is 387 g/mol. The Kier molecular flexibility index (Phi) is 5.59. The van der Waals surface area contributed by atoms with E-state index in [4.69, 9.17) is 4.74 Å². The van der Waals surface area contributed by atoms with Crippen molar-refractivity contribution in [3.63, 3.8) is 0 Å². The molecule has 3 aliphatic heterocycles. The van der Waals surface area contributed by atoms with E-state index in [0.717, 1.165) is 75.5 Å². The summed E-state index contributed by atoms with van der Waals surface area (Å²) in [6.45, 7) is 5.77. The Balaban J connectivity index is 1.28. The lowest BCUT2D eigenvalue weighted by Crippen LogP contribution is -3.14. The van der Waals surface area contributed by atoms with Crippen LogP contribution < -0.4 is 20.4 Å². The molecule has 0 aromatic heterocycles. The third kappa shape index (κ3) is 4.02. The Morgan fingerprint density at radius 2 is 1.93 bits per heavy atom. The van der Waals surface area contributed by atoms with Gasteiger partial charge in [-0.2, -0.15) is 0 Å². The summed E-state index contributed by atoms with van der Waals surface area (Å²) in [6, 6.07) is 3.70. The van der Waals surface area contributed by atoms with E-state index in [1.807, 2.05) is 17.0 Å². The third-order valence-corrected chi connectivity index (χ3v) is 5.66. The first-order valence-electron chi connectivity index (χ1n) is 10.1. The van der Waals surface area contributed by atoms with E-state index in [0.29, 0.717) is 18.7 Å². The maximum absolute atomic E-state index is 12.2. The summed E-state index contributed by atoms with van der Waals surface area (Å²) >= 11 is 0. The van der Waals surface area contributed by atoms with Gasteiger partial charge >= 0.3 is 11.8 Å². The molecule has 1 aromatic carbocycles. The Labute approximate surface area is 164 Å². The quantitative estimate of drug-likeness (QED) is 0.441. The van der Waals surface area contributed by atoms with Gasteiger partial charge in [-0.05, 0) is 36.1 Å². The smallest absolute Gasteiger partial charge is 0.313 e. The van der Waals surface area contributed by atoms with Crippen molar-refractivity contribution < 1.29 is 24.0 Å². The van der Waals surface area contributed by atoms with Crippen LogP contribution in [0.15, 0.2) is 12.1 Å². The highest BCUT2D eigenvalue weighted by molar-refractivity contribution is 6.39. The van der Waals surface area contributed by atoms with Gasteiger partial charge in [0.05, 0.1) is 31.9 Å². The van der Waals surface area contributed by atoms with Gasteiger partial charge in [-0.3, -0.25) is 14.4 Å². The van der Waals surface area contributed by atoms with Crippen molar-refractivity contribution in [3.05, 3.63) is 23.3 Å². The normalized spacial score (nSPS) is 18.7. The van der Waals surface area contributed by atoms with Crippen molar-refractivity contribution in [2.45, 2.75) is 25.7 Å². The molecule has 4 rings (SSSR count). The zero-order valence-corrected chi connectivity index (χ0v) is 16.0. The number of amides is 3. The molecule has 3 N–H and O–H groups in total. The van der Waals surface area contributed by atoms with Crippen molar-refractivity contribution in [3.8, 4) is 0 Å². The monoisotopic (exact) mass is 387 g/mol. The third-order valence-electron chi connectivity index (χ3n) is 5.66. The van der Waals surface area contributed by atoms with Gasteiger partial charge in [0.15, 0.2) is 0 Å². The first-order chi connectivity index (χ1) is 13.6. The predicted molar refractivity (Wildman–Crippen MR) is 103 cm³/mol. The van der Waals surface area contributed by atoms with Gasteiger partial charge in [0.2, 0.25) is 5.91 Å². The van der Waals surface area contributed by atoms with Crippen molar-refractivity contribution in [2.75, 3.05) is 56.2 Å². The lowest BCUT2D eigenvalue weighted by Gasteiger charge is -2.26. The lowest BCUT2D eigenvalue weighted by molar-refractivity contribution is -0.908. The molecule has 3 amide bonds. The van der Waals surface area contributed by atoms with Crippen LogP contribution in [0.1, 0.15) is 24.0 Å². The second-order valence-corrected chi connectivity index (χ2v) is 7.64. The molecule has 0 aliphatic carbocycles. The molecule has 0 spiro atoms. The Hall–Kier alpha value is -2.45. The summed E-state index contributed by atoms with van der Waals surface area (Å²) in [5.74, 6) is -1.17. The van der Waals surface area contributed by atoms with Gasteiger partial charge < -0.3 is 25.2 Å². The molecule has 3 heterocycles. The molecule has 0 radical (unpaired) electrons. The fraction of sp³-hybridized carbons (Fsp3) is 0.550. The van der Waals surface area contributed by atoms with E-state index in [1.165, 1.54) is 4.90 Å². The standard InChI is InChI=1S/C20H26N4O4/c25-17-13-15-12-16(11-14-3-1-6-24(17)18(14)15)22-20(27)19(26)21-4-2-5-23-7-9-28-10-8-23/h11-12H,1-10,13H2,(H,21,26)(H,22,27)/p+1. The largest absolute Gasteiger partial charge is 0.370 e. The van der Waals surface area contributed by atoms with Crippen molar-refractivity contribution in [1.82, 2.24) is 5.32 Å². The number of aryl methyl sites for hydroxylation is 1. The topological polar surface area (TPSA) is 92.2 Å². The molecule has 8 nitrogen and oxygen atoms in total. The van der Waals surface area contributed by atoms with Crippen molar-refractivity contribution in [1.29, 1.82) is 0 Å². The number of morpholine rings is 1. The van der Waals surface area contributed by atoms with Gasteiger partial charge in [0.25, 0.3) is 0 Å². The fourth-order valence-corrected chi connectivity index (χ4v) is 4.27. The molecular formula is C20H27N4O4+. The van der Waals surface area contributed by atoms with Gasteiger partial charge in [-0.1, -0.05) is 0 Å². The Bertz CT molecular complexity index is 789. The van der Waals surface area contributed by atoms with Gasteiger partial charge in [0, 0.05) is 25.2 Å². The minimum Gasteiger partial charge on any atom is -0.370 e. The van der Waals surface area contributed by atoms with Gasteiger partial charge in [0.1, 0.15) is 13.1 Å². The van der Waals surface area contributed by atoms with Crippen LogP contribution >= 0.6 is 0 Å². The number of carbonyl (C=O) groups excluding carboxylic acids is 3. The van der Waals surface area contributed by atoms with Crippen LogP contribution in [0, 0.1) is 0 Å². The number of nitrogens with one attached hydrogen (secondary N) is 3. The predicted octanol–water partition coefficient (Wildman–Crippen LogP) is -1.12. The molecule has 1 saturated heterocycles. The highest BCUT2D eigenvalue weighted by atomic mass is 16.5. The number of hydrogen-bond acceptors (Lipinski definition) is 4. The van der Waals surface area contributed by atoms with E-state index in [2.05, 4.69) is 10.6 Å². The summed E-state index contributed by atoms with van der Waals surface area (Å²) < 4.78 is 5.33. The number of quaternary nitrogens is 1. The van der Waals surface area contributed by atoms with Gasteiger partial charge in [-0.15, -0.1) is 0 Å². The second-order valence-electron chi connectivity index (χ2n) is 7.64. The molecule has 1 fully saturated rings. The highest BCUT2D eigenvalue weighted by Crippen LogP contribution is 2.38. The van der Waals surface area contributed by atoms with Crippen LogP contribution in [-0.4, -0.2) is 63.7 Å². The van der Waals surface area contributed by atoms with Crippen LogP contribution in [-0.2, 0) is 32.0 Å². The lowest BCUT2D eigenvalue weighted by atomic mass is 9.99. The van der Waals surface area contributed by atoms with E-state index >= 15 is 0 Å². The fourth-order valence-electron chi connectivity index (χ4n) is 4.27. The molecule has 8 heteroatoms. The molecule has 28 heavy (non-hydrogen) atoms. The molecule has 1 aromatic rings. The zero-order chi connectivity index (χ0) is 19.5.